The molecule has 0 unspecified atom stereocenters. The van der Waals surface area contributed by atoms with Gasteiger partial charge in [-0.15, -0.1) is 0 Å². The van der Waals surface area contributed by atoms with Gasteiger partial charge in [-0.2, -0.15) is 4.31 Å². The molecule has 0 bridgehead atoms. The van der Waals surface area contributed by atoms with Crippen LogP contribution in [0.4, 0.5) is 0 Å². The van der Waals surface area contributed by atoms with Crippen LogP contribution in [0.1, 0.15) is 26.7 Å². The second-order valence-corrected chi connectivity index (χ2v) is 9.02. The first-order valence-corrected chi connectivity index (χ1v) is 9.27. The summed E-state index contributed by atoms with van der Waals surface area (Å²) in [6.45, 7) is 7.96. The van der Waals surface area contributed by atoms with Gasteiger partial charge in [-0.05, 0) is 12.8 Å². The molecule has 0 aliphatic carbocycles. The lowest BCUT2D eigenvalue weighted by molar-refractivity contribution is 0.344. The zero-order valence-corrected chi connectivity index (χ0v) is 13.2. The van der Waals surface area contributed by atoms with Crippen molar-refractivity contribution in [1.82, 2.24) is 4.31 Å². The average molecular weight is 314 g/mol. The zero-order chi connectivity index (χ0) is 14.0. The normalized spacial score (nSPS) is 24.9. The van der Waals surface area contributed by atoms with E-state index in [2.05, 4.69) is 6.58 Å². The van der Waals surface area contributed by atoms with Gasteiger partial charge in [0, 0.05) is 34.7 Å². The maximum Gasteiger partial charge on any atom is 0.219 e. The highest BCUT2D eigenvalue weighted by molar-refractivity contribution is 7.90. The summed E-state index contributed by atoms with van der Waals surface area (Å²) in [6, 6.07) is 0. The van der Waals surface area contributed by atoms with E-state index < -0.39 is 25.6 Å². The molecule has 18 heavy (non-hydrogen) atoms. The Morgan fingerprint density at radius 2 is 2.00 bits per heavy atom. The highest BCUT2D eigenvalue weighted by Crippen LogP contribution is 2.30. The van der Waals surface area contributed by atoms with E-state index in [1.165, 1.54) is 4.31 Å². The molecule has 106 valence electrons. The van der Waals surface area contributed by atoms with Crippen molar-refractivity contribution in [3.8, 4) is 0 Å². The number of sulfonamides is 1. The second-order valence-electron chi connectivity index (χ2n) is 4.55. The summed E-state index contributed by atoms with van der Waals surface area (Å²) in [5, 5.41) is 0.111. The van der Waals surface area contributed by atoms with Crippen LogP contribution in [0.3, 0.4) is 0 Å². The number of nitrogens with zero attached hydrogens (tertiary/aromatic N) is 1. The van der Waals surface area contributed by atoms with Gasteiger partial charge in [0.2, 0.25) is 10.0 Å². The predicted octanol–water partition coefficient (Wildman–Crippen LogP) is 1.69. The second kappa shape index (κ2) is 6.03. The van der Waals surface area contributed by atoms with E-state index in [-0.39, 0.29) is 10.8 Å². The van der Waals surface area contributed by atoms with Crippen LogP contribution in [-0.2, 0) is 20.8 Å². The van der Waals surface area contributed by atoms with Gasteiger partial charge < -0.3 is 0 Å². The maximum absolute atomic E-state index is 12.1. The third-order valence-electron chi connectivity index (χ3n) is 3.49. The SMILES string of the molecule is C=C(Cl)CS(=O)(=O)N1CC[S@](=O)C(CC)(CC)C1. The van der Waals surface area contributed by atoms with Crippen molar-refractivity contribution in [2.75, 3.05) is 24.6 Å². The van der Waals surface area contributed by atoms with Crippen LogP contribution in [0.2, 0.25) is 0 Å². The van der Waals surface area contributed by atoms with Crippen molar-refractivity contribution in [2.45, 2.75) is 31.4 Å². The lowest BCUT2D eigenvalue weighted by Crippen LogP contribution is -2.55. The first-order valence-electron chi connectivity index (χ1n) is 5.97. The Morgan fingerprint density at radius 1 is 1.44 bits per heavy atom. The van der Waals surface area contributed by atoms with Crippen LogP contribution < -0.4 is 0 Å². The van der Waals surface area contributed by atoms with Crippen LogP contribution in [0.15, 0.2) is 11.6 Å². The molecule has 0 aromatic carbocycles. The van der Waals surface area contributed by atoms with Crippen molar-refractivity contribution >= 4 is 32.4 Å². The third-order valence-corrected chi connectivity index (χ3v) is 7.82. The molecule has 1 aliphatic rings. The van der Waals surface area contributed by atoms with Crippen LogP contribution in [0, 0.1) is 0 Å². The van der Waals surface area contributed by atoms with Crippen molar-refractivity contribution in [1.29, 1.82) is 0 Å². The molecule has 0 N–H and O–H groups in total. The number of hydrogen-bond acceptors (Lipinski definition) is 3. The summed E-state index contributed by atoms with van der Waals surface area (Å²) in [6.07, 6.45) is 1.42. The van der Waals surface area contributed by atoms with E-state index in [0.29, 0.717) is 31.7 Å². The number of rotatable bonds is 5. The Kier molecular flexibility index (Phi) is 5.41. The molecule has 0 amide bonds. The summed E-state index contributed by atoms with van der Waals surface area (Å²) in [7, 11) is -4.40. The summed E-state index contributed by atoms with van der Waals surface area (Å²) >= 11 is 5.59. The van der Waals surface area contributed by atoms with E-state index in [4.69, 9.17) is 11.6 Å². The molecule has 7 heteroatoms. The molecule has 1 aliphatic heterocycles. The maximum atomic E-state index is 12.1. The van der Waals surface area contributed by atoms with Crippen LogP contribution in [0.25, 0.3) is 0 Å². The zero-order valence-electron chi connectivity index (χ0n) is 10.8. The fourth-order valence-electron chi connectivity index (χ4n) is 2.20. The Bertz CT molecular complexity index is 443. The molecule has 1 rings (SSSR count). The van der Waals surface area contributed by atoms with Crippen molar-refractivity contribution in [3.63, 3.8) is 0 Å². The predicted molar refractivity (Wildman–Crippen MR) is 76.7 cm³/mol. The van der Waals surface area contributed by atoms with Crippen molar-refractivity contribution in [2.24, 2.45) is 0 Å². The van der Waals surface area contributed by atoms with Crippen LogP contribution in [0.5, 0.6) is 0 Å². The van der Waals surface area contributed by atoms with Gasteiger partial charge in [-0.3, -0.25) is 4.21 Å². The lowest BCUT2D eigenvalue weighted by Gasteiger charge is -2.40. The molecule has 0 aromatic heterocycles. The fourth-order valence-corrected chi connectivity index (χ4v) is 5.96. The van der Waals surface area contributed by atoms with Gasteiger partial charge in [0.05, 0.1) is 10.5 Å². The van der Waals surface area contributed by atoms with Gasteiger partial charge in [0.1, 0.15) is 0 Å². The highest BCUT2D eigenvalue weighted by atomic mass is 35.5. The highest BCUT2D eigenvalue weighted by Gasteiger charge is 2.42. The molecule has 1 fully saturated rings. The summed E-state index contributed by atoms with van der Waals surface area (Å²) < 4.78 is 37.3. The standard InChI is InChI=1S/C11H20ClNO3S2/c1-4-11(5-2)9-13(6-7-17(11)14)18(15,16)8-10(3)12/h3-9H2,1-2H3/t17-/m0/s1. The van der Waals surface area contributed by atoms with Gasteiger partial charge >= 0.3 is 0 Å². The molecule has 0 saturated carbocycles. The number of hydrogen-bond donors (Lipinski definition) is 0. The van der Waals surface area contributed by atoms with Crippen molar-refractivity contribution in [3.05, 3.63) is 11.6 Å². The Labute approximate surface area is 117 Å². The molecule has 0 radical (unpaired) electrons. The van der Waals surface area contributed by atoms with Crippen LogP contribution >= 0.6 is 11.6 Å². The van der Waals surface area contributed by atoms with Crippen LogP contribution in [-0.4, -0.2) is 46.3 Å². The fraction of sp³-hybridized carbons (Fsp3) is 0.818. The molecular weight excluding hydrogens is 294 g/mol. The minimum Gasteiger partial charge on any atom is -0.259 e. The molecule has 4 nitrogen and oxygen atoms in total. The van der Waals surface area contributed by atoms with Gasteiger partial charge in [-0.25, -0.2) is 8.42 Å². The first-order chi connectivity index (χ1) is 8.27. The largest absolute Gasteiger partial charge is 0.259 e. The summed E-state index contributed by atoms with van der Waals surface area (Å²) in [5.41, 5.74) is 0. The first kappa shape index (κ1) is 16.1. The van der Waals surface area contributed by atoms with E-state index in [1.807, 2.05) is 13.8 Å². The monoisotopic (exact) mass is 313 g/mol. The Balaban J connectivity index is 2.95. The minimum absolute atomic E-state index is 0.111. The summed E-state index contributed by atoms with van der Waals surface area (Å²) in [5.74, 6) is 0.153. The van der Waals surface area contributed by atoms with E-state index in [9.17, 15) is 12.6 Å². The topological polar surface area (TPSA) is 54.5 Å². The average Bonchev–Trinajstić information content (AvgIpc) is 2.28. The van der Waals surface area contributed by atoms with E-state index >= 15 is 0 Å². The molecule has 1 saturated heterocycles. The quantitative estimate of drug-likeness (QED) is 0.776. The molecular formula is C11H20ClNO3S2. The van der Waals surface area contributed by atoms with Gasteiger partial charge in [0.25, 0.3) is 0 Å². The van der Waals surface area contributed by atoms with E-state index in [1.54, 1.807) is 0 Å². The third kappa shape index (κ3) is 3.35. The molecule has 0 aromatic rings. The number of halogens is 1. The Hall–Kier alpha value is 0.0900. The molecule has 0 spiro atoms. The molecule has 1 atom stereocenters. The van der Waals surface area contributed by atoms with Gasteiger partial charge in [0.15, 0.2) is 0 Å². The smallest absolute Gasteiger partial charge is 0.219 e. The molecule has 1 heterocycles. The minimum atomic E-state index is -3.43. The van der Waals surface area contributed by atoms with Gasteiger partial charge in [-0.1, -0.05) is 32.0 Å². The lowest BCUT2D eigenvalue weighted by atomic mass is 10.0. The summed E-state index contributed by atoms with van der Waals surface area (Å²) in [4.78, 5) is 0. The van der Waals surface area contributed by atoms with Crippen molar-refractivity contribution < 1.29 is 12.6 Å². The van der Waals surface area contributed by atoms with E-state index in [0.717, 1.165) is 0 Å². The Morgan fingerprint density at radius 3 is 2.44 bits per heavy atom.